The van der Waals surface area contributed by atoms with Crippen LogP contribution in [-0.4, -0.2) is 25.6 Å². The molecule has 0 aliphatic heterocycles. The maximum absolute atomic E-state index is 12.5. The monoisotopic (exact) mass is 384 g/mol. The summed E-state index contributed by atoms with van der Waals surface area (Å²) < 4.78 is 1.39. The standard InChI is InChI=1S/C18H16N4O4S/c1-11(16(23)19-14-9-5-6-10-15(14)22(25)26)27-18-20-13-8-4-3-7-12(13)17(24)21(18)2/h3-11H,1-2H3,(H,19,23)/t11-/m1/s1. The number of carbonyl (C=O) groups is 1. The van der Waals surface area contributed by atoms with Crippen molar-refractivity contribution in [3.05, 3.63) is 69.0 Å². The van der Waals surface area contributed by atoms with Gasteiger partial charge in [-0.05, 0) is 25.1 Å². The van der Waals surface area contributed by atoms with E-state index >= 15 is 0 Å². The molecule has 0 saturated carbocycles. The zero-order chi connectivity index (χ0) is 19.6. The number of aromatic nitrogens is 2. The van der Waals surface area contributed by atoms with Gasteiger partial charge in [0.1, 0.15) is 5.69 Å². The minimum atomic E-state index is -0.621. The summed E-state index contributed by atoms with van der Waals surface area (Å²) in [4.78, 5) is 39.9. The first-order valence-corrected chi connectivity index (χ1v) is 8.93. The molecule has 0 bridgehead atoms. The summed E-state index contributed by atoms with van der Waals surface area (Å²) in [6.07, 6.45) is 0. The number of nitro benzene ring substituents is 1. The van der Waals surface area contributed by atoms with Gasteiger partial charge in [-0.3, -0.25) is 24.3 Å². The van der Waals surface area contributed by atoms with Gasteiger partial charge in [0.2, 0.25) is 5.91 Å². The first kappa shape index (κ1) is 18.6. The zero-order valence-electron chi connectivity index (χ0n) is 14.6. The van der Waals surface area contributed by atoms with E-state index in [0.29, 0.717) is 16.1 Å². The number of benzene rings is 2. The van der Waals surface area contributed by atoms with Crippen molar-refractivity contribution >= 4 is 39.9 Å². The molecule has 1 N–H and O–H groups in total. The number of nitrogens with one attached hydrogen (secondary N) is 1. The zero-order valence-corrected chi connectivity index (χ0v) is 15.4. The highest BCUT2D eigenvalue weighted by Gasteiger charge is 2.21. The quantitative estimate of drug-likeness (QED) is 0.314. The second-order valence-corrected chi connectivity index (χ2v) is 7.11. The van der Waals surface area contributed by atoms with Crippen molar-refractivity contribution in [3.63, 3.8) is 0 Å². The second-order valence-electron chi connectivity index (χ2n) is 5.80. The fraction of sp³-hybridized carbons (Fsp3) is 0.167. The number of anilines is 1. The molecule has 1 amide bonds. The van der Waals surface area contributed by atoms with E-state index in [9.17, 15) is 19.7 Å². The van der Waals surface area contributed by atoms with E-state index in [1.54, 1.807) is 44.3 Å². The van der Waals surface area contributed by atoms with Crippen LogP contribution in [0.3, 0.4) is 0 Å². The molecule has 0 radical (unpaired) electrons. The molecule has 3 rings (SSSR count). The molecule has 1 aromatic heterocycles. The van der Waals surface area contributed by atoms with E-state index in [4.69, 9.17) is 0 Å². The van der Waals surface area contributed by atoms with Crippen LogP contribution < -0.4 is 10.9 Å². The van der Waals surface area contributed by atoms with Crippen LogP contribution in [0.2, 0.25) is 0 Å². The van der Waals surface area contributed by atoms with Crippen LogP contribution in [0.1, 0.15) is 6.92 Å². The van der Waals surface area contributed by atoms with E-state index in [0.717, 1.165) is 11.8 Å². The molecule has 0 unspecified atom stereocenters. The third kappa shape index (κ3) is 3.82. The number of carbonyl (C=O) groups excluding carboxylic acids is 1. The number of amides is 1. The van der Waals surface area contributed by atoms with Gasteiger partial charge in [0.15, 0.2) is 5.16 Å². The molecule has 0 aliphatic carbocycles. The maximum Gasteiger partial charge on any atom is 0.292 e. The third-order valence-electron chi connectivity index (χ3n) is 3.95. The number of hydrogen-bond donors (Lipinski definition) is 1. The van der Waals surface area contributed by atoms with Crippen LogP contribution in [0, 0.1) is 10.1 Å². The number of nitrogens with zero attached hydrogens (tertiary/aromatic N) is 3. The Balaban J connectivity index is 1.84. The van der Waals surface area contributed by atoms with Crippen molar-refractivity contribution in [2.45, 2.75) is 17.3 Å². The fourth-order valence-corrected chi connectivity index (χ4v) is 3.36. The molecule has 0 spiro atoms. The number of rotatable bonds is 5. The van der Waals surface area contributed by atoms with Gasteiger partial charge in [-0.15, -0.1) is 0 Å². The summed E-state index contributed by atoms with van der Waals surface area (Å²) in [5.74, 6) is -0.420. The molecule has 138 valence electrons. The van der Waals surface area contributed by atoms with Crippen molar-refractivity contribution in [3.8, 4) is 0 Å². The third-order valence-corrected chi connectivity index (χ3v) is 5.10. The average molecular weight is 384 g/mol. The van der Waals surface area contributed by atoms with Gasteiger partial charge < -0.3 is 5.32 Å². The molecule has 9 heteroatoms. The summed E-state index contributed by atoms with van der Waals surface area (Å²) in [7, 11) is 1.59. The summed E-state index contributed by atoms with van der Waals surface area (Å²) in [5.41, 5.74) is 0.295. The predicted octanol–water partition coefficient (Wildman–Crippen LogP) is 2.96. The Kier molecular flexibility index (Phi) is 5.22. The van der Waals surface area contributed by atoms with E-state index in [-0.39, 0.29) is 16.9 Å². The van der Waals surface area contributed by atoms with Crippen LogP contribution >= 0.6 is 11.8 Å². The average Bonchev–Trinajstić information content (AvgIpc) is 2.66. The van der Waals surface area contributed by atoms with Gasteiger partial charge in [0, 0.05) is 13.1 Å². The normalized spacial score (nSPS) is 11.9. The van der Waals surface area contributed by atoms with Crippen LogP contribution in [0.5, 0.6) is 0 Å². The minimum absolute atomic E-state index is 0.125. The van der Waals surface area contributed by atoms with Crippen LogP contribution in [0.4, 0.5) is 11.4 Å². The predicted molar refractivity (Wildman–Crippen MR) is 104 cm³/mol. The molecule has 2 aromatic carbocycles. The summed E-state index contributed by atoms with van der Waals surface area (Å²) in [6.45, 7) is 1.65. The number of fused-ring (bicyclic) bond motifs is 1. The number of hydrogen-bond acceptors (Lipinski definition) is 6. The second kappa shape index (κ2) is 7.58. The lowest BCUT2D eigenvalue weighted by molar-refractivity contribution is -0.383. The molecule has 27 heavy (non-hydrogen) atoms. The first-order chi connectivity index (χ1) is 12.9. The highest BCUT2D eigenvalue weighted by atomic mass is 32.2. The molecular formula is C18H16N4O4S. The molecule has 1 heterocycles. The largest absolute Gasteiger partial charge is 0.319 e. The highest BCUT2D eigenvalue weighted by molar-refractivity contribution is 8.00. The van der Waals surface area contributed by atoms with E-state index < -0.39 is 16.1 Å². The molecular weight excluding hydrogens is 368 g/mol. The van der Waals surface area contributed by atoms with Crippen LogP contribution in [-0.2, 0) is 11.8 Å². The molecule has 1 atom stereocenters. The maximum atomic E-state index is 12.5. The lowest BCUT2D eigenvalue weighted by Gasteiger charge is -2.14. The first-order valence-electron chi connectivity index (χ1n) is 8.05. The van der Waals surface area contributed by atoms with Gasteiger partial charge in [0.05, 0.1) is 21.1 Å². The lowest BCUT2D eigenvalue weighted by Crippen LogP contribution is -2.25. The van der Waals surface area contributed by atoms with E-state index in [2.05, 4.69) is 10.3 Å². The van der Waals surface area contributed by atoms with Gasteiger partial charge in [-0.1, -0.05) is 36.0 Å². The van der Waals surface area contributed by atoms with Crippen LogP contribution in [0.25, 0.3) is 10.9 Å². The van der Waals surface area contributed by atoms with Gasteiger partial charge in [-0.2, -0.15) is 0 Å². The van der Waals surface area contributed by atoms with E-state index in [1.807, 2.05) is 0 Å². The highest BCUT2D eigenvalue weighted by Crippen LogP contribution is 2.26. The smallest absolute Gasteiger partial charge is 0.292 e. The van der Waals surface area contributed by atoms with Crippen LogP contribution in [0.15, 0.2) is 58.5 Å². The molecule has 0 saturated heterocycles. The topological polar surface area (TPSA) is 107 Å². The Morgan fingerprint density at radius 3 is 2.63 bits per heavy atom. The van der Waals surface area contributed by atoms with Crippen molar-refractivity contribution < 1.29 is 9.72 Å². The Bertz CT molecular complexity index is 1100. The van der Waals surface area contributed by atoms with Crippen molar-refractivity contribution in [2.24, 2.45) is 7.05 Å². The summed E-state index contributed by atoms with van der Waals surface area (Å²) >= 11 is 1.11. The number of nitro groups is 1. The van der Waals surface area contributed by atoms with Crippen molar-refractivity contribution in [1.29, 1.82) is 0 Å². The van der Waals surface area contributed by atoms with Crippen molar-refractivity contribution in [2.75, 3.05) is 5.32 Å². The van der Waals surface area contributed by atoms with Crippen molar-refractivity contribution in [1.82, 2.24) is 9.55 Å². The molecule has 0 fully saturated rings. The molecule has 8 nitrogen and oxygen atoms in total. The van der Waals surface area contributed by atoms with E-state index in [1.165, 1.54) is 22.8 Å². The Hall–Kier alpha value is -3.20. The summed E-state index contributed by atoms with van der Waals surface area (Å²) in [6, 6.07) is 12.9. The Morgan fingerprint density at radius 1 is 1.22 bits per heavy atom. The minimum Gasteiger partial charge on any atom is -0.319 e. The SMILES string of the molecule is C[C@@H](Sc1nc2ccccc2c(=O)n1C)C(=O)Nc1ccccc1[N+](=O)[O-]. The Labute approximate surface area is 158 Å². The fourth-order valence-electron chi connectivity index (χ4n) is 2.49. The molecule has 3 aromatic rings. The number of thioether (sulfide) groups is 1. The number of para-hydroxylation sites is 3. The lowest BCUT2D eigenvalue weighted by atomic mass is 10.2. The van der Waals surface area contributed by atoms with Gasteiger partial charge >= 0.3 is 0 Å². The Morgan fingerprint density at radius 2 is 1.89 bits per heavy atom. The summed E-state index contributed by atoms with van der Waals surface area (Å²) in [5, 5.41) is 13.9. The van der Waals surface area contributed by atoms with Gasteiger partial charge in [-0.25, -0.2) is 4.98 Å². The molecule has 0 aliphatic rings. The van der Waals surface area contributed by atoms with Gasteiger partial charge in [0.25, 0.3) is 11.2 Å².